The first-order valence-electron chi connectivity index (χ1n) is 18.8. The van der Waals surface area contributed by atoms with Crippen molar-refractivity contribution in [2.24, 2.45) is 0 Å². The maximum absolute atomic E-state index is 6.97. The molecule has 0 aromatic rings. The van der Waals surface area contributed by atoms with Crippen LogP contribution in [0.3, 0.4) is 0 Å². The van der Waals surface area contributed by atoms with Crippen molar-refractivity contribution >= 4 is 78.3 Å². The van der Waals surface area contributed by atoms with Crippen LogP contribution in [0.25, 0.3) is 0 Å². The molecule has 0 spiro atoms. The Morgan fingerprint density at radius 1 is 0.463 bits per heavy atom. The summed E-state index contributed by atoms with van der Waals surface area (Å²) >= 11 is 0. The SMILES string of the molecule is CO[Si](CCCNC(NCCC[Si](OC)(OC)OC)[Si]CC[Si](C)(C)O[Si](C)(C)O[Si](C)(C)O[Si](C)(C)O[Si](C)(C)C(C)[Si](OC)(OC)OC)(OC)OC. The molecule has 0 aliphatic carbocycles. The van der Waals surface area contributed by atoms with Crippen molar-refractivity contribution in [2.45, 2.75) is 120 Å². The zero-order valence-electron chi connectivity index (χ0n) is 37.6. The second-order valence-electron chi connectivity index (χ2n) is 15.8. The molecule has 1 atom stereocenters. The lowest BCUT2D eigenvalue weighted by molar-refractivity contribution is 0.118. The van der Waals surface area contributed by atoms with Gasteiger partial charge in [0.05, 0.1) is 9.52 Å². The lowest BCUT2D eigenvalue weighted by atomic mass is 10.4. The summed E-state index contributed by atoms with van der Waals surface area (Å²) in [6, 6.07) is 3.52. The lowest BCUT2D eigenvalue weighted by Crippen LogP contribution is -2.62. The largest absolute Gasteiger partial charge is 0.502 e. The van der Waals surface area contributed by atoms with E-state index in [1.807, 2.05) is 0 Å². The highest BCUT2D eigenvalue weighted by Gasteiger charge is 2.56. The first-order valence-corrected chi connectivity index (χ1v) is 40.3. The Morgan fingerprint density at radius 2 is 0.815 bits per heavy atom. The summed E-state index contributed by atoms with van der Waals surface area (Å²) in [5.41, 5.74) is 0. The second kappa shape index (κ2) is 24.6. The molecule has 0 aromatic carbocycles. The molecule has 0 saturated carbocycles. The summed E-state index contributed by atoms with van der Waals surface area (Å²) in [6.45, 7) is 25.4. The molecule has 0 fully saturated rings. The first kappa shape index (κ1) is 55.4. The first-order chi connectivity index (χ1) is 24.8. The van der Waals surface area contributed by atoms with E-state index in [1.165, 1.54) is 0 Å². The van der Waals surface area contributed by atoms with Gasteiger partial charge in [-0.05, 0) is 97.4 Å². The molecule has 0 aliphatic rings. The number of nitrogens with one attached hydrogen (secondary N) is 2. The predicted octanol–water partition coefficient (Wildman–Crippen LogP) is 5.50. The van der Waals surface area contributed by atoms with Gasteiger partial charge in [-0.15, -0.1) is 0 Å². The van der Waals surface area contributed by atoms with E-state index in [1.54, 1.807) is 64.0 Å². The summed E-state index contributed by atoms with van der Waals surface area (Å²) in [4.78, 5) is 0. The Labute approximate surface area is 341 Å². The van der Waals surface area contributed by atoms with Gasteiger partial charge in [0, 0.05) is 87.0 Å². The van der Waals surface area contributed by atoms with Crippen LogP contribution in [0.15, 0.2) is 0 Å². The molecule has 2 N–H and O–H groups in total. The van der Waals surface area contributed by atoms with Crippen molar-refractivity contribution in [3.05, 3.63) is 0 Å². The Bertz CT molecular complexity index is 975. The van der Waals surface area contributed by atoms with Gasteiger partial charge in [0.15, 0.2) is 16.6 Å². The molecule has 0 amide bonds. The van der Waals surface area contributed by atoms with Crippen LogP contribution < -0.4 is 10.6 Å². The van der Waals surface area contributed by atoms with Gasteiger partial charge >= 0.3 is 52.1 Å². The Kier molecular flexibility index (Phi) is 25.2. The van der Waals surface area contributed by atoms with Crippen LogP contribution in [0.4, 0.5) is 0 Å². The smallest absolute Gasteiger partial charge is 0.436 e. The van der Waals surface area contributed by atoms with Crippen LogP contribution in [0, 0.1) is 0 Å². The summed E-state index contributed by atoms with van der Waals surface area (Å²) < 4.78 is 78.7. The molecule has 1 unspecified atom stereocenters. The van der Waals surface area contributed by atoms with Gasteiger partial charge in [-0.25, -0.2) is 0 Å². The van der Waals surface area contributed by atoms with Gasteiger partial charge in [0.1, 0.15) is 0 Å². The van der Waals surface area contributed by atoms with Gasteiger partial charge in [0.25, 0.3) is 0 Å². The van der Waals surface area contributed by atoms with E-state index in [2.05, 4.69) is 83.0 Å². The summed E-state index contributed by atoms with van der Waals surface area (Å²) in [5.74, 6) is 0.149. The second-order valence-corrected chi connectivity index (χ2v) is 47.1. The summed E-state index contributed by atoms with van der Waals surface area (Å²) in [6.07, 6.45) is 1.75. The highest BCUT2D eigenvalue weighted by Crippen LogP contribution is 2.36. The number of hydrogen-bond acceptors (Lipinski definition) is 15. The van der Waals surface area contributed by atoms with Crippen molar-refractivity contribution in [3.8, 4) is 0 Å². The Balaban J connectivity index is 5.50. The minimum absolute atomic E-state index is 0.00364. The highest BCUT2D eigenvalue weighted by molar-refractivity contribution is 6.94. The fourth-order valence-corrected chi connectivity index (χ4v) is 43.3. The molecule has 54 heavy (non-hydrogen) atoms. The van der Waals surface area contributed by atoms with E-state index >= 15 is 0 Å². The van der Waals surface area contributed by atoms with E-state index < -0.39 is 68.7 Å². The molecule has 0 heterocycles. The lowest BCUT2D eigenvalue weighted by Gasteiger charge is -2.45. The molecular formula is C30H80N2O13Si9. The molecule has 24 heteroatoms. The average molecular weight is 930 g/mol. The molecule has 0 aliphatic heterocycles. The maximum atomic E-state index is 6.97. The van der Waals surface area contributed by atoms with Crippen LogP contribution in [-0.2, 0) is 56.3 Å². The van der Waals surface area contributed by atoms with Crippen molar-refractivity contribution < 1.29 is 56.3 Å². The van der Waals surface area contributed by atoms with Gasteiger partial charge in [-0.1, -0.05) is 13.0 Å². The van der Waals surface area contributed by atoms with Gasteiger partial charge in [0.2, 0.25) is 0 Å². The van der Waals surface area contributed by atoms with E-state index in [9.17, 15) is 0 Å². The monoisotopic (exact) mass is 928 g/mol. The third kappa shape index (κ3) is 19.2. The maximum Gasteiger partial charge on any atom is 0.502 e. The van der Waals surface area contributed by atoms with Crippen LogP contribution in [0.2, 0.25) is 94.8 Å². The Hall–Kier alpha value is 1.35. The molecule has 0 aromatic heterocycles. The van der Waals surface area contributed by atoms with Gasteiger partial charge < -0.3 is 66.9 Å². The standard InChI is InChI=1S/C30H80N2O13Si9/c1-29(54(39-8,40-9)41-10)48(13,14)43-50(17,18)45-51(19,20)44-49(15,16)42-47(11,12)28-25-46-30(31-23-21-26-52(33-2,34-3)35-4)32-24-22-27-53(36-5,37-6)38-7/h29-32H,21-28H2,1-20H3. The van der Waals surface area contributed by atoms with Gasteiger partial charge in [-0.2, -0.15) is 0 Å². The predicted molar refractivity (Wildman–Crippen MR) is 236 cm³/mol. The minimum atomic E-state index is -2.90. The van der Waals surface area contributed by atoms with Crippen molar-refractivity contribution in [2.75, 3.05) is 77.1 Å². The quantitative estimate of drug-likeness (QED) is 0.0486. The van der Waals surface area contributed by atoms with Crippen LogP contribution in [0.1, 0.15) is 19.8 Å². The molecule has 15 nitrogen and oxygen atoms in total. The topological polar surface area (TPSA) is 144 Å². The number of hydrogen-bond donors (Lipinski definition) is 2. The Morgan fingerprint density at radius 3 is 1.17 bits per heavy atom. The molecule has 2 radical (unpaired) electrons. The summed E-state index contributed by atoms with van der Waals surface area (Å²) in [5, 5.41) is 7.46. The van der Waals surface area contributed by atoms with Crippen molar-refractivity contribution in [1.82, 2.24) is 10.6 Å². The number of rotatable bonds is 33. The van der Waals surface area contributed by atoms with Crippen molar-refractivity contribution in [3.63, 3.8) is 0 Å². The fraction of sp³-hybridized carbons (Fsp3) is 1.00. The molecule has 0 bridgehead atoms. The van der Waals surface area contributed by atoms with Crippen molar-refractivity contribution in [1.29, 1.82) is 0 Å². The van der Waals surface area contributed by atoms with Gasteiger partial charge in [-0.3, -0.25) is 0 Å². The highest BCUT2D eigenvalue weighted by atomic mass is 28.5. The fourth-order valence-electron chi connectivity index (χ4n) is 6.84. The molecular weight excluding hydrogens is 849 g/mol. The van der Waals surface area contributed by atoms with E-state index in [-0.39, 0.29) is 11.0 Å². The summed E-state index contributed by atoms with van der Waals surface area (Å²) in [7, 11) is -4.90. The normalized spacial score (nSPS) is 15.1. The minimum Gasteiger partial charge on any atom is -0.436 e. The zero-order valence-corrected chi connectivity index (χ0v) is 46.6. The zero-order chi connectivity index (χ0) is 42.1. The molecule has 324 valence electrons. The third-order valence-electron chi connectivity index (χ3n) is 9.40. The van der Waals surface area contributed by atoms with Crippen LogP contribution in [-0.4, -0.2) is 161 Å². The van der Waals surface area contributed by atoms with Crippen LogP contribution >= 0.6 is 0 Å². The van der Waals surface area contributed by atoms with E-state index in [4.69, 9.17) is 56.3 Å². The third-order valence-corrected chi connectivity index (χ3v) is 42.5. The van der Waals surface area contributed by atoms with Crippen LogP contribution in [0.5, 0.6) is 0 Å². The molecule has 0 rings (SSSR count). The molecule has 0 saturated heterocycles. The van der Waals surface area contributed by atoms with E-state index in [0.29, 0.717) is 9.52 Å². The van der Waals surface area contributed by atoms with E-state index in [0.717, 1.165) is 50.1 Å². The average Bonchev–Trinajstić information content (AvgIpc) is 3.07.